The fourth-order valence-corrected chi connectivity index (χ4v) is 3.61. The summed E-state index contributed by atoms with van der Waals surface area (Å²) < 4.78 is 0. The molecule has 1 aliphatic rings. The van der Waals surface area contributed by atoms with E-state index in [1.54, 1.807) is 11.3 Å². The number of carbonyl (C=O) groups excluding carboxylic acids is 1. The molecule has 21 heavy (non-hydrogen) atoms. The van der Waals surface area contributed by atoms with Crippen LogP contribution in [0.4, 0.5) is 0 Å². The summed E-state index contributed by atoms with van der Waals surface area (Å²) in [6, 6.07) is 0.346. The quantitative estimate of drug-likeness (QED) is 0.854. The standard InChI is InChI=1S/C16H27N3OS/c1-16(2,3)14-11-21-15(17-14)9-13(20)8-12-10-18(4)6-7-19(12)5/h11-12H,6-10H2,1-5H3. The third-order valence-electron chi connectivity index (χ3n) is 4.11. The van der Waals surface area contributed by atoms with Crippen LogP contribution in [0.5, 0.6) is 0 Å². The Kier molecular flexibility index (Phi) is 5.17. The average molecular weight is 309 g/mol. The summed E-state index contributed by atoms with van der Waals surface area (Å²) in [5, 5.41) is 3.04. The van der Waals surface area contributed by atoms with E-state index in [1.807, 2.05) is 0 Å². The zero-order valence-electron chi connectivity index (χ0n) is 13.8. The number of ketones is 1. The van der Waals surface area contributed by atoms with Gasteiger partial charge in [0.15, 0.2) is 0 Å². The number of hydrogen-bond acceptors (Lipinski definition) is 5. The van der Waals surface area contributed by atoms with Gasteiger partial charge in [-0.1, -0.05) is 20.8 Å². The van der Waals surface area contributed by atoms with E-state index in [4.69, 9.17) is 0 Å². The molecule has 1 unspecified atom stereocenters. The Balaban J connectivity index is 1.91. The van der Waals surface area contributed by atoms with Crippen LogP contribution in [0.15, 0.2) is 5.38 Å². The number of thiazole rings is 1. The minimum Gasteiger partial charge on any atom is -0.304 e. The van der Waals surface area contributed by atoms with Gasteiger partial charge in [0.2, 0.25) is 0 Å². The molecule has 1 fully saturated rings. The van der Waals surface area contributed by atoms with Crippen LogP contribution in [0.3, 0.4) is 0 Å². The van der Waals surface area contributed by atoms with E-state index >= 15 is 0 Å². The zero-order valence-corrected chi connectivity index (χ0v) is 14.7. The molecule has 1 aromatic heterocycles. The number of carbonyl (C=O) groups is 1. The molecule has 0 spiro atoms. The Morgan fingerprint density at radius 1 is 1.38 bits per heavy atom. The minimum absolute atomic E-state index is 0.0596. The van der Waals surface area contributed by atoms with Gasteiger partial charge in [-0.15, -0.1) is 11.3 Å². The number of likely N-dealkylation sites (N-methyl/N-ethyl adjacent to an activating group) is 2. The van der Waals surface area contributed by atoms with Gasteiger partial charge in [0.05, 0.1) is 12.1 Å². The summed E-state index contributed by atoms with van der Waals surface area (Å²) >= 11 is 1.61. The largest absolute Gasteiger partial charge is 0.304 e. The van der Waals surface area contributed by atoms with Crippen LogP contribution in [-0.2, 0) is 16.6 Å². The molecule has 1 saturated heterocycles. The summed E-state index contributed by atoms with van der Waals surface area (Å²) in [7, 11) is 4.24. The number of rotatable bonds is 4. The first-order valence-corrected chi connectivity index (χ1v) is 8.49. The van der Waals surface area contributed by atoms with Crippen LogP contribution in [0.2, 0.25) is 0 Å². The average Bonchev–Trinajstić information content (AvgIpc) is 2.82. The van der Waals surface area contributed by atoms with Crippen molar-refractivity contribution in [1.82, 2.24) is 14.8 Å². The topological polar surface area (TPSA) is 36.4 Å². The molecule has 0 N–H and O–H groups in total. The number of Topliss-reactive ketones (excluding diaryl/α,β-unsaturated/α-hetero) is 1. The van der Waals surface area contributed by atoms with Crippen molar-refractivity contribution < 1.29 is 4.79 Å². The van der Waals surface area contributed by atoms with Crippen LogP contribution in [0, 0.1) is 0 Å². The van der Waals surface area contributed by atoms with Gasteiger partial charge in [-0.3, -0.25) is 4.79 Å². The molecule has 1 atom stereocenters. The fourth-order valence-electron chi connectivity index (χ4n) is 2.56. The van der Waals surface area contributed by atoms with Gasteiger partial charge in [0, 0.05) is 42.9 Å². The molecule has 0 radical (unpaired) electrons. The van der Waals surface area contributed by atoms with Gasteiger partial charge in [0.25, 0.3) is 0 Å². The summed E-state index contributed by atoms with van der Waals surface area (Å²) in [4.78, 5) is 21.5. The Morgan fingerprint density at radius 2 is 2.10 bits per heavy atom. The molecule has 2 heterocycles. The number of aromatic nitrogens is 1. The maximum absolute atomic E-state index is 12.3. The molecule has 0 aliphatic carbocycles. The van der Waals surface area contributed by atoms with Crippen molar-refractivity contribution in [3.8, 4) is 0 Å². The van der Waals surface area contributed by atoms with E-state index in [0.29, 0.717) is 24.7 Å². The Morgan fingerprint density at radius 3 is 2.71 bits per heavy atom. The van der Waals surface area contributed by atoms with Crippen LogP contribution < -0.4 is 0 Å². The van der Waals surface area contributed by atoms with E-state index < -0.39 is 0 Å². The van der Waals surface area contributed by atoms with E-state index in [1.165, 1.54) is 0 Å². The number of hydrogen-bond donors (Lipinski definition) is 0. The summed E-state index contributed by atoms with van der Waals surface area (Å²) in [5.41, 5.74) is 1.15. The molecule has 0 saturated carbocycles. The highest BCUT2D eigenvalue weighted by atomic mass is 32.1. The monoisotopic (exact) mass is 309 g/mol. The Labute approximate surface area is 132 Å². The normalized spacial score (nSPS) is 21.7. The molecule has 4 nitrogen and oxygen atoms in total. The lowest BCUT2D eigenvalue weighted by Crippen LogP contribution is -2.50. The second kappa shape index (κ2) is 6.55. The predicted molar refractivity (Wildman–Crippen MR) is 88.1 cm³/mol. The van der Waals surface area contributed by atoms with Gasteiger partial charge in [0.1, 0.15) is 10.8 Å². The third-order valence-corrected chi connectivity index (χ3v) is 4.96. The molecular weight excluding hydrogens is 282 g/mol. The summed E-state index contributed by atoms with van der Waals surface area (Å²) in [5.74, 6) is 0.303. The second-order valence-electron chi connectivity index (χ2n) is 7.19. The SMILES string of the molecule is CN1CCN(C)C(CC(=O)Cc2nc(C(C)(C)C)cs2)C1. The molecule has 5 heteroatoms. The maximum Gasteiger partial charge on any atom is 0.141 e. The van der Waals surface area contributed by atoms with Crippen molar-refractivity contribution in [3.05, 3.63) is 16.1 Å². The Hall–Kier alpha value is -0.780. The van der Waals surface area contributed by atoms with Crippen molar-refractivity contribution in [1.29, 1.82) is 0 Å². The van der Waals surface area contributed by atoms with Crippen LogP contribution in [0.25, 0.3) is 0 Å². The smallest absolute Gasteiger partial charge is 0.141 e. The molecule has 1 aliphatic heterocycles. The molecule has 1 aromatic rings. The lowest BCUT2D eigenvalue weighted by molar-refractivity contribution is -0.120. The first-order valence-electron chi connectivity index (χ1n) is 7.61. The zero-order chi connectivity index (χ0) is 15.6. The highest BCUT2D eigenvalue weighted by molar-refractivity contribution is 7.09. The van der Waals surface area contributed by atoms with Crippen molar-refractivity contribution >= 4 is 17.1 Å². The van der Waals surface area contributed by atoms with Crippen molar-refractivity contribution in [3.63, 3.8) is 0 Å². The van der Waals surface area contributed by atoms with Crippen LogP contribution >= 0.6 is 11.3 Å². The van der Waals surface area contributed by atoms with Gasteiger partial charge in [-0.05, 0) is 14.1 Å². The van der Waals surface area contributed by atoms with E-state index in [-0.39, 0.29) is 5.41 Å². The molecule has 2 rings (SSSR count). The van der Waals surface area contributed by atoms with E-state index in [2.05, 4.69) is 55.0 Å². The molecule has 118 valence electrons. The summed E-state index contributed by atoms with van der Waals surface area (Å²) in [6.07, 6.45) is 1.11. The lowest BCUT2D eigenvalue weighted by Gasteiger charge is -2.37. The first kappa shape index (κ1) is 16.6. The van der Waals surface area contributed by atoms with E-state index in [9.17, 15) is 4.79 Å². The lowest BCUT2D eigenvalue weighted by atomic mass is 9.93. The molecular formula is C16H27N3OS. The predicted octanol–water partition coefficient (Wildman–Crippen LogP) is 2.19. The number of piperazine rings is 1. The van der Waals surface area contributed by atoms with Gasteiger partial charge in [-0.2, -0.15) is 0 Å². The third kappa shape index (κ3) is 4.59. The van der Waals surface area contributed by atoms with Crippen LogP contribution in [0.1, 0.15) is 37.9 Å². The maximum atomic E-state index is 12.3. The van der Waals surface area contributed by atoms with Gasteiger partial charge in [-0.25, -0.2) is 4.98 Å². The fraction of sp³-hybridized carbons (Fsp3) is 0.750. The highest BCUT2D eigenvalue weighted by Crippen LogP contribution is 2.24. The van der Waals surface area contributed by atoms with Crippen molar-refractivity contribution in [2.24, 2.45) is 0 Å². The molecule has 0 amide bonds. The molecule has 0 aromatic carbocycles. The minimum atomic E-state index is 0.0596. The van der Waals surface area contributed by atoms with Crippen LogP contribution in [-0.4, -0.2) is 60.3 Å². The highest BCUT2D eigenvalue weighted by Gasteiger charge is 2.25. The van der Waals surface area contributed by atoms with Gasteiger partial charge < -0.3 is 9.80 Å². The van der Waals surface area contributed by atoms with Crippen molar-refractivity contribution in [2.75, 3.05) is 33.7 Å². The Bertz CT molecular complexity index is 492. The van der Waals surface area contributed by atoms with Gasteiger partial charge >= 0.3 is 0 Å². The summed E-state index contributed by atoms with van der Waals surface area (Å²) in [6.45, 7) is 9.57. The number of nitrogens with zero attached hydrogens (tertiary/aromatic N) is 3. The molecule has 0 bridgehead atoms. The second-order valence-corrected chi connectivity index (χ2v) is 8.14. The van der Waals surface area contributed by atoms with E-state index in [0.717, 1.165) is 30.3 Å². The van der Waals surface area contributed by atoms with Crippen molar-refractivity contribution in [2.45, 2.75) is 45.1 Å². The first-order chi connectivity index (χ1) is 9.75.